The zero-order valence-corrected chi connectivity index (χ0v) is 10.0. The van der Waals surface area contributed by atoms with Crippen molar-refractivity contribution in [1.29, 1.82) is 0 Å². The van der Waals surface area contributed by atoms with Crippen molar-refractivity contribution in [1.82, 2.24) is 5.43 Å². The first-order chi connectivity index (χ1) is 7.69. The average Bonchev–Trinajstić information content (AvgIpc) is 2.74. The molecule has 1 saturated heterocycles. The van der Waals surface area contributed by atoms with Crippen LogP contribution in [0.5, 0.6) is 0 Å². The molecule has 1 rings (SSSR count). The van der Waals surface area contributed by atoms with Gasteiger partial charge in [0.25, 0.3) is 0 Å². The van der Waals surface area contributed by atoms with Gasteiger partial charge in [-0.2, -0.15) is 16.9 Å². The van der Waals surface area contributed by atoms with Crippen LogP contribution in [0.15, 0.2) is 5.10 Å². The summed E-state index contributed by atoms with van der Waals surface area (Å²) in [6, 6.07) is 0. The number of esters is 1. The Morgan fingerprint density at radius 3 is 3.00 bits per heavy atom. The minimum atomic E-state index is -0.615. The second-order valence-corrected chi connectivity index (χ2v) is 4.06. The van der Waals surface area contributed by atoms with E-state index < -0.39 is 6.09 Å². The normalized spacial score (nSPS) is 21.9. The Morgan fingerprint density at radius 1 is 1.62 bits per heavy atom. The van der Waals surface area contributed by atoms with Crippen LogP contribution in [0.3, 0.4) is 0 Å². The lowest BCUT2D eigenvalue weighted by Crippen LogP contribution is -2.27. The molecule has 1 heterocycles. The van der Waals surface area contributed by atoms with Crippen LogP contribution in [0.4, 0.5) is 4.79 Å². The summed E-state index contributed by atoms with van der Waals surface area (Å²) < 4.78 is 9.29. The number of thioether (sulfide) groups is 1. The maximum atomic E-state index is 11.3. The van der Waals surface area contributed by atoms with E-state index in [0.717, 1.165) is 0 Å². The van der Waals surface area contributed by atoms with Gasteiger partial charge in [-0.15, -0.1) is 0 Å². The molecule has 0 aromatic carbocycles. The number of rotatable bonds is 3. The third-order valence-electron chi connectivity index (χ3n) is 1.99. The molecule has 0 radical (unpaired) electrons. The van der Waals surface area contributed by atoms with Gasteiger partial charge in [0.1, 0.15) is 5.92 Å². The predicted molar refractivity (Wildman–Crippen MR) is 60.4 cm³/mol. The molecule has 1 aliphatic heterocycles. The van der Waals surface area contributed by atoms with Gasteiger partial charge in [-0.25, -0.2) is 10.2 Å². The molecule has 1 amide bonds. The van der Waals surface area contributed by atoms with E-state index in [1.807, 2.05) is 0 Å². The molecular formula is C9H14N2O4S. The Morgan fingerprint density at radius 2 is 2.38 bits per heavy atom. The molecule has 16 heavy (non-hydrogen) atoms. The lowest BCUT2D eigenvalue weighted by molar-refractivity contribution is -0.142. The maximum absolute atomic E-state index is 11.3. The number of carbonyl (C=O) groups excluding carboxylic acids is 2. The van der Waals surface area contributed by atoms with Crippen molar-refractivity contribution in [2.45, 2.75) is 6.92 Å². The summed E-state index contributed by atoms with van der Waals surface area (Å²) in [5.41, 5.74) is 2.86. The van der Waals surface area contributed by atoms with E-state index in [1.165, 1.54) is 7.11 Å². The van der Waals surface area contributed by atoms with Gasteiger partial charge in [0, 0.05) is 11.5 Å². The Labute approximate surface area is 97.7 Å². The number of methoxy groups -OCH3 is 1. The molecule has 1 unspecified atom stereocenters. The lowest BCUT2D eigenvalue weighted by atomic mass is 10.1. The molecule has 1 aliphatic rings. The smallest absolute Gasteiger partial charge is 0.427 e. The molecule has 0 aromatic heterocycles. The van der Waals surface area contributed by atoms with Gasteiger partial charge in [-0.05, 0) is 6.92 Å². The van der Waals surface area contributed by atoms with Gasteiger partial charge in [0.2, 0.25) is 0 Å². The highest BCUT2D eigenvalue weighted by Gasteiger charge is 2.31. The zero-order valence-electron chi connectivity index (χ0n) is 9.19. The van der Waals surface area contributed by atoms with Gasteiger partial charge < -0.3 is 9.47 Å². The van der Waals surface area contributed by atoms with Crippen LogP contribution >= 0.6 is 11.8 Å². The van der Waals surface area contributed by atoms with Crippen LogP contribution in [0.1, 0.15) is 6.92 Å². The fourth-order valence-electron chi connectivity index (χ4n) is 1.22. The minimum Gasteiger partial charge on any atom is -0.468 e. The third-order valence-corrected chi connectivity index (χ3v) is 3.06. The monoisotopic (exact) mass is 246 g/mol. The molecule has 0 aliphatic carbocycles. The lowest BCUT2D eigenvalue weighted by Gasteiger charge is -2.07. The second kappa shape index (κ2) is 6.37. The fourth-order valence-corrected chi connectivity index (χ4v) is 2.37. The number of nitrogens with one attached hydrogen (secondary N) is 1. The van der Waals surface area contributed by atoms with Crippen molar-refractivity contribution >= 4 is 29.5 Å². The summed E-state index contributed by atoms with van der Waals surface area (Å²) in [6.07, 6.45) is -0.615. The van der Waals surface area contributed by atoms with Gasteiger partial charge >= 0.3 is 12.1 Å². The summed E-state index contributed by atoms with van der Waals surface area (Å²) in [7, 11) is 1.34. The van der Waals surface area contributed by atoms with Gasteiger partial charge in [0.15, 0.2) is 0 Å². The quantitative estimate of drug-likeness (QED) is 0.583. The molecule has 0 aromatic rings. The molecule has 0 spiro atoms. The Balaban J connectivity index is 2.54. The number of amides is 1. The maximum Gasteiger partial charge on any atom is 0.427 e. The largest absolute Gasteiger partial charge is 0.468 e. The Hall–Kier alpha value is -1.24. The van der Waals surface area contributed by atoms with E-state index in [0.29, 0.717) is 17.2 Å². The number of hydrazone groups is 1. The number of nitrogens with zero attached hydrogens (tertiary/aromatic N) is 1. The van der Waals surface area contributed by atoms with Crippen molar-refractivity contribution < 1.29 is 19.1 Å². The first kappa shape index (κ1) is 12.8. The highest BCUT2D eigenvalue weighted by molar-refractivity contribution is 8.00. The number of carbonyl (C=O) groups is 2. The summed E-state index contributed by atoms with van der Waals surface area (Å²) in [4.78, 5) is 22.3. The molecule has 1 atom stereocenters. The molecule has 1 fully saturated rings. The van der Waals surface area contributed by atoms with Crippen LogP contribution in [0.2, 0.25) is 0 Å². The Kier molecular flexibility index (Phi) is 5.10. The van der Waals surface area contributed by atoms with E-state index in [4.69, 9.17) is 0 Å². The first-order valence-corrected chi connectivity index (χ1v) is 5.99. The predicted octanol–water partition coefficient (Wildman–Crippen LogP) is 0.624. The van der Waals surface area contributed by atoms with Crippen LogP contribution in [0, 0.1) is 5.92 Å². The van der Waals surface area contributed by atoms with Gasteiger partial charge in [-0.1, -0.05) is 0 Å². The van der Waals surface area contributed by atoms with Gasteiger partial charge in [-0.3, -0.25) is 4.79 Å². The van der Waals surface area contributed by atoms with Crippen molar-refractivity contribution in [3.05, 3.63) is 0 Å². The summed E-state index contributed by atoms with van der Waals surface area (Å²) >= 11 is 1.58. The highest BCUT2D eigenvalue weighted by Crippen LogP contribution is 2.22. The fraction of sp³-hybridized carbons (Fsp3) is 0.667. The molecule has 7 heteroatoms. The minimum absolute atomic E-state index is 0.284. The van der Waals surface area contributed by atoms with Crippen LogP contribution in [0.25, 0.3) is 0 Å². The second-order valence-electron chi connectivity index (χ2n) is 3.03. The van der Waals surface area contributed by atoms with Crippen molar-refractivity contribution in [3.8, 4) is 0 Å². The van der Waals surface area contributed by atoms with E-state index in [9.17, 15) is 9.59 Å². The summed E-state index contributed by atoms with van der Waals surface area (Å²) in [6.45, 7) is 1.99. The SMILES string of the molecule is CCOC(=O)N/N=C1/CSCC1C(=O)OC. The van der Waals surface area contributed by atoms with E-state index in [-0.39, 0.29) is 18.5 Å². The summed E-state index contributed by atoms with van der Waals surface area (Å²) in [5.74, 6) is 0.564. The molecule has 6 nitrogen and oxygen atoms in total. The van der Waals surface area contributed by atoms with Crippen LogP contribution in [-0.4, -0.2) is 43.0 Å². The van der Waals surface area contributed by atoms with E-state index in [2.05, 4.69) is 20.0 Å². The Bertz CT molecular complexity index is 306. The molecule has 0 saturated carbocycles. The van der Waals surface area contributed by atoms with Crippen LogP contribution < -0.4 is 5.43 Å². The van der Waals surface area contributed by atoms with Crippen molar-refractivity contribution in [2.24, 2.45) is 11.0 Å². The standard InChI is InChI=1S/C9H14N2O4S/c1-3-15-9(13)11-10-7-5-16-4-6(7)8(12)14-2/h6H,3-5H2,1-2H3,(H,11,13)/b10-7-. The molecule has 1 N–H and O–H groups in total. The number of hydrogen-bond donors (Lipinski definition) is 1. The molecular weight excluding hydrogens is 232 g/mol. The van der Waals surface area contributed by atoms with Crippen LogP contribution in [-0.2, 0) is 14.3 Å². The van der Waals surface area contributed by atoms with E-state index >= 15 is 0 Å². The van der Waals surface area contributed by atoms with Crippen molar-refractivity contribution in [3.63, 3.8) is 0 Å². The highest BCUT2D eigenvalue weighted by atomic mass is 32.2. The molecule has 90 valence electrons. The third kappa shape index (κ3) is 3.41. The zero-order chi connectivity index (χ0) is 12.0. The average molecular weight is 246 g/mol. The molecule has 0 bridgehead atoms. The van der Waals surface area contributed by atoms with Gasteiger partial charge in [0.05, 0.1) is 19.4 Å². The van der Waals surface area contributed by atoms with Crippen molar-refractivity contribution in [2.75, 3.05) is 25.2 Å². The summed E-state index contributed by atoms with van der Waals surface area (Å²) in [5, 5.41) is 3.86. The number of ether oxygens (including phenoxy) is 2. The first-order valence-electron chi connectivity index (χ1n) is 4.83. The van der Waals surface area contributed by atoms with E-state index in [1.54, 1.807) is 18.7 Å². The number of hydrogen-bond acceptors (Lipinski definition) is 6. The topological polar surface area (TPSA) is 77.0 Å².